The average molecular weight is 557 g/mol. The molecule has 0 saturated carbocycles. The van der Waals surface area contributed by atoms with E-state index in [-0.39, 0.29) is 11.9 Å². The summed E-state index contributed by atoms with van der Waals surface area (Å²) in [6, 6.07) is 13.7. The van der Waals surface area contributed by atoms with Gasteiger partial charge in [-0.3, -0.25) is 9.59 Å². The highest BCUT2D eigenvalue weighted by molar-refractivity contribution is 6.31. The van der Waals surface area contributed by atoms with Crippen LogP contribution in [0.25, 0.3) is 21.5 Å². The Morgan fingerprint density at radius 1 is 0.615 bits per heavy atom. The van der Waals surface area contributed by atoms with Gasteiger partial charge in [0.25, 0.3) is 0 Å². The number of carbonyl (C=O) groups is 2. The van der Waals surface area contributed by atoms with Crippen molar-refractivity contribution in [1.82, 2.24) is 0 Å². The fourth-order valence-electron chi connectivity index (χ4n) is 4.28. The quantitative estimate of drug-likeness (QED) is 0.0889. The van der Waals surface area contributed by atoms with Crippen LogP contribution in [-0.2, 0) is 19.1 Å². The first-order valence-electron chi connectivity index (χ1n) is 14.3. The predicted octanol–water partition coefficient (Wildman–Crippen LogP) is 8.43. The second kappa shape index (κ2) is 16.9. The molecular formula is C32H41ClO6. The van der Waals surface area contributed by atoms with E-state index in [2.05, 4.69) is 13.8 Å². The van der Waals surface area contributed by atoms with Crippen LogP contribution >= 0.6 is 11.6 Å². The summed E-state index contributed by atoms with van der Waals surface area (Å²) in [5, 5.41) is 4.33. The van der Waals surface area contributed by atoms with Crippen LogP contribution in [0, 0.1) is 0 Å². The topological polar surface area (TPSA) is 71.1 Å². The van der Waals surface area contributed by atoms with Crippen molar-refractivity contribution in [2.24, 2.45) is 0 Å². The third kappa shape index (κ3) is 9.61. The summed E-state index contributed by atoms with van der Waals surface area (Å²) in [5.41, 5.74) is 0. The summed E-state index contributed by atoms with van der Waals surface area (Å²) in [7, 11) is 0. The Morgan fingerprint density at radius 2 is 1.10 bits per heavy atom. The molecule has 0 atom stereocenters. The molecule has 0 radical (unpaired) electrons. The molecule has 0 aromatic heterocycles. The molecule has 0 fully saturated rings. The first-order valence-corrected chi connectivity index (χ1v) is 14.6. The van der Waals surface area contributed by atoms with E-state index in [0.29, 0.717) is 57.1 Å². The molecule has 6 nitrogen and oxygen atoms in total. The van der Waals surface area contributed by atoms with Crippen LogP contribution in [0.3, 0.4) is 0 Å². The van der Waals surface area contributed by atoms with Crippen LogP contribution in [0.5, 0.6) is 11.5 Å². The standard InChI is InChI=1S/C32H41ClO6/c1-3-5-19-36-29(34)15-9-11-21-38-31-25-13-7-8-14-26(25)32(28-23-24(33)17-18-27(28)31)39-22-12-10-16-30(35)37-20-6-4-2/h7-8,13-14,17-18,23H,3-6,9-12,15-16,19-22H2,1-2H3. The number of ether oxygens (including phenoxy) is 4. The zero-order chi connectivity index (χ0) is 27.9. The molecule has 0 heterocycles. The molecule has 3 aromatic carbocycles. The van der Waals surface area contributed by atoms with E-state index >= 15 is 0 Å². The van der Waals surface area contributed by atoms with Crippen LogP contribution in [0.4, 0.5) is 0 Å². The largest absolute Gasteiger partial charge is 0.492 e. The lowest BCUT2D eigenvalue weighted by Crippen LogP contribution is -2.07. The van der Waals surface area contributed by atoms with Gasteiger partial charge in [0.1, 0.15) is 11.5 Å². The number of hydrogen-bond acceptors (Lipinski definition) is 6. The molecule has 0 unspecified atom stereocenters. The number of fused-ring (bicyclic) bond motifs is 2. The number of rotatable bonds is 18. The Labute approximate surface area is 236 Å². The average Bonchev–Trinajstić information content (AvgIpc) is 2.93. The van der Waals surface area contributed by atoms with Crippen molar-refractivity contribution >= 4 is 45.1 Å². The molecule has 39 heavy (non-hydrogen) atoms. The number of unbranched alkanes of at least 4 members (excludes halogenated alkanes) is 4. The van der Waals surface area contributed by atoms with Gasteiger partial charge in [-0.1, -0.05) is 62.6 Å². The van der Waals surface area contributed by atoms with Crippen LogP contribution < -0.4 is 9.47 Å². The second-order valence-electron chi connectivity index (χ2n) is 9.65. The SMILES string of the molecule is CCCCOC(=O)CCCCOc1c2ccccc2c(OCCCCC(=O)OCCCC)c2cc(Cl)ccc12. The van der Waals surface area contributed by atoms with Crippen molar-refractivity contribution in [3.8, 4) is 11.5 Å². The summed E-state index contributed by atoms with van der Waals surface area (Å²) in [6.07, 6.45) is 7.48. The number of benzene rings is 3. The minimum atomic E-state index is -0.152. The molecule has 7 heteroatoms. The van der Waals surface area contributed by atoms with E-state index in [9.17, 15) is 9.59 Å². The third-order valence-electron chi connectivity index (χ3n) is 6.45. The highest BCUT2D eigenvalue weighted by Crippen LogP contribution is 2.43. The van der Waals surface area contributed by atoms with E-state index in [0.717, 1.165) is 71.6 Å². The van der Waals surface area contributed by atoms with Crippen molar-refractivity contribution in [2.45, 2.75) is 78.1 Å². The van der Waals surface area contributed by atoms with Crippen molar-refractivity contribution in [2.75, 3.05) is 26.4 Å². The first-order chi connectivity index (χ1) is 19.0. The normalized spacial score (nSPS) is 11.1. The predicted molar refractivity (Wildman–Crippen MR) is 157 cm³/mol. The third-order valence-corrected chi connectivity index (χ3v) is 6.69. The molecular weight excluding hydrogens is 516 g/mol. The fraction of sp³-hybridized carbons (Fsp3) is 0.500. The van der Waals surface area contributed by atoms with Gasteiger partial charge in [-0.2, -0.15) is 0 Å². The van der Waals surface area contributed by atoms with Gasteiger partial charge in [-0.25, -0.2) is 0 Å². The lowest BCUT2D eigenvalue weighted by Gasteiger charge is -2.18. The Hall–Kier alpha value is -2.99. The maximum absolute atomic E-state index is 11.9. The van der Waals surface area contributed by atoms with Gasteiger partial charge in [0.15, 0.2) is 0 Å². The van der Waals surface area contributed by atoms with Gasteiger partial charge in [0, 0.05) is 39.4 Å². The molecule has 212 valence electrons. The summed E-state index contributed by atoms with van der Waals surface area (Å²) in [5.74, 6) is 1.24. The Kier molecular flexibility index (Phi) is 13.2. The maximum Gasteiger partial charge on any atom is 0.305 e. The summed E-state index contributed by atoms with van der Waals surface area (Å²) in [6.45, 7) is 6.08. The Balaban J connectivity index is 1.66. The molecule has 3 rings (SSSR count). The van der Waals surface area contributed by atoms with E-state index < -0.39 is 0 Å². The molecule has 0 bridgehead atoms. The summed E-state index contributed by atoms with van der Waals surface area (Å²) < 4.78 is 23.1. The van der Waals surface area contributed by atoms with Crippen LogP contribution in [0.15, 0.2) is 42.5 Å². The molecule has 0 N–H and O–H groups in total. The van der Waals surface area contributed by atoms with Gasteiger partial charge in [-0.05, 0) is 56.7 Å². The molecule has 0 aliphatic carbocycles. The monoisotopic (exact) mass is 556 g/mol. The highest BCUT2D eigenvalue weighted by atomic mass is 35.5. The molecule has 0 spiro atoms. The highest BCUT2D eigenvalue weighted by Gasteiger charge is 2.17. The van der Waals surface area contributed by atoms with Crippen molar-refractivity contribution in [3.63, 3.8) is 0 Å². The molecule has 0 amide bonds. The Morgan fingerprint density at radius 3 is 1.62 bits per heavy atom. The fourth-order valence-corrected chi connectivity index (χ4v) is 4.45. The van der Waals surface area contributed by atoms with Crippen LogP contribution in [0.2, 0.25) is 5.02 Å². The van der Waals surface area contributed by atoms with Gasteiger partial charge in [0.2, 0.25) is 0 Å². The number of carbonyl (C=O) groups excluding carboxylic acids is 2. The van der Waals surface area contributed by atoms with E-state index in [1.165, 1.54) is 0 Å². The molecule has 0 saturated heterocycles. The van der Waals surface area contributed by atoms with Gasteiger partial charge < -0.3 is 18.9 Å². The Bertz CT molecular complexity index is 1210. The van der Waals surface area contributed by atoms with E-state index in [1.807, 2.05) is 42.5 Å². The minimum absolute atomic E-state index is 0.149. The molecule has 3 aromatic rings. The molecule has 0 aliphatic rings. The van der Waals surface area contributed by atoms with Gasteiger partial charge in [0.05, 0.1) is 26.4 Å². The zero-order valence-corrected chi connectivity index (χ0v) is 24.0. The van der Waals surface area contributed by atoms with Crippen molar-refractivity contribution < 1.29 is 28.5 Å². The van der Waals surface area contributed by atoms with Gasteiger partial charge >= 0.3 is 11.9 Å². The lowest BCUT2D eigenvalue weighted by molar-refractivity contribution is -0.144. The number of hydrogen-bond donors (Lipinski definition) is 0. The second-order valence-corrected chi connectivity index (χ2v) is 10.1. The van der Waals surface area contributed by atoms with Crippen LogP contribution in [0.1, 0.15) is 78.1 Å². The smallest absolute Gasteiger partial charge is 0.305 e. The van der Waals surface area contributed by atoms with Gasteiger partial charge in [-0.15, -0.1) is 0 Å². The summed E-state index contributed by atoms with van der Waals surface area (Å²) in [4.78, 5) is 23.7. The maximum atomic E-state index is 11.9. The van der Waals surface area contributed by atoms with Crippen molar-refractivity contribution in [3.05, 3.63) is 47.5 Å². The first kappa shape index (κ1) is 30.6. The van der Waals surface area contributed by atoms with E-state index in [1.54, 1.807) is 0 Å². The van der Waals surface area contributed by atoms with E-state index in [4.69, 9.17) is 30.5 Å². The lowest BCUT2D eigenvalue weighted by atomic mass is 10.0. The molecule has 0 aliphatic heterocycles. The summed E-state index contributed by atoms with van der Waals surface area (Å²) >= 11 is 6.39. The minimum Gasteiger partial charge on any atom is -0.492 e. The van der Waals surface area contributed by atoms with Crippen molar-refractivity contribution in [1.29, 1.82) is 0 Å². The number of halogens is 1. The zero-order valence-electron chi connectivity index (χ0n) is 23.3. The number of esters is 2. The van der Waals surface area contributed by atoms with Crippen LogP contribution in [-0.4, -0.2) is 38.4 Å².